The monoisotopic (exact) mass is 702 g/mol. The van der Waals surface area contributed by atoms with Crippen LogP contribution in [0.4, 0.5) is 9.59 Å². The van der Waals surface area contributed by atoms with Crippen LogP contribution in [-0.4, -0.2) is 90.9 Å². The molecule has 0 saturated carbocycles. The molecule has 11 heteroatoms. The van der Waals surface area contributed by atoms with Crippen LogP contribution in [0.15, 0.2) is 83.9 Å². The lowest BCUT2D eigenvalue weighted by atomic mass is 9.64. The summed E-state index contributed by atoms with van der Waals surface area (Å²) in [5.41, 5.74) is 2.76. The fraction of sp³-hybridized carbons (Fsp3) is 0.550. The molecule has 51 heavy (non-hydrogen) atoms. The average molecular weight is 703 g/mol. The van der Waals surface area contributed by atoms with Gasteiger partial charge in [-0.25, -0.2) is 9.59 Å². The predicted molar refractivity (Wildman–Crippen MR) is 197 cm³/mol. The Balaban J connectivity index is 0.000000204. The van der Waals surface area contributed by atoms with E-state index < -0.39 is 23.9 Å². The van der Waals surface area contributed by atoms with Gasteiger partial charge in [0.1, 0.15) is 13.2 Å². The third-order valence-electron chi connectivity index (χ3n) is 11.4. The van der Waals surface area contributed by atoms with Crippen LogP contribution < -0.4 is 0 Å². The van der Waals surface area contributed by atoms with Gasteiger partial charge >= 0.3 is 19.3 Å². The minimum absolute atomic E-state index is 0. The molecule has 0 aromatic heterocycles. The van der Waals surface area contributed by atoms with E-state index in [4.69, 9.17) is 28.3 Å². The number of carbonyl (C=O) groups excluding carboxylic acids is 2. The quantitative estimate of drug-likeness (QED) is 0.233. The number of ether oxygens (including phenoxy) is 4. The van der Waals surface area contributed by atoms with Gasteiger partial charge in [0.25, 0.3) is 0 Å². The first-order valence-electron chi connectivity index (χ1n) is 17.8. The summed E-state index contributed by atoms with van der Waals surface area (Å²) in [6, 6.07) is 19.5. The molecule has 5 aliphatic rings. The minimum Gasteiger partial charge on any atom is -0.445 e. The molecule has 0 atom stereocenters. The molecule has 3 saturated heterocycles. The van der Waals surface area contributed by atoms with Crippen LogP contribution in [0.3, 0.4) is 0 Å². The maximum absolute atomic E-state index is 13.1. The van der Waals surface area contributed by atoms with Gasteiger partial charge in [0.15, 0.2) is 0 Å². The highest BCUT2D eigenvalue weighted by atomic mass is 16.7. The largest absolute Gasteiger partial charge is 0.492 e. The topological polar surface area (TPSA) is 96.0 Å². The van der Waals surface area contributed by atoms with Crippen molar-refractivity contribution < 1.29 is 37.8 Å². The van der Waals surface area contributed by atoms with E-state index in [1.54, 1.807) is 0 Å². The molecule has 276 valence electrons. The molecular formula is C40H55BN2O8. The maximum atomic E-state index is 13.1. The number of benzene rings is 2. The molecule has 0 unspecified atom stereocenters. The highest BCUT2D eigenvalue weighted by Gasteiger charge is 2.59. The zero-order valence-corrected chi connectivity index (χ0v) is 30.2. The Kier molecular flexibility index (Phi) is 12.1. The van der Waals surface area contributed by atoms with Crippen molar-refractivity contribution in [2.75, 3.05) is 39.5 Å². The van der Waals surface area contributed by atoms with Crippen molar-refractivity contribution in [3.05, 3.63) is 95.0 Å². The van der Waals surface area contributed by atoms with Crippen molar-refractivity contribution in [1.82, 2.24) is 9.80 Å². The summed E-state index contributed by atoms with van der Waals surface area (Å²) in [5, 5.41) is 0. The van der Waals surface area contributed by atoms with Crippen LogP contribution >= 0.6 is 0 Å². The van der Waals surface area contributed by atoms with E-state index in [1.165, 1.54) is 5.57 Å². The van der Waals surface area contributed by atoms with Gasteiger partial charge in [-0.2, -0.15) is 0 Å². The smallest absolute Gasteiger partial charge is 0.445 e. The molecule has 2 amide bonds. The molecule has 2 spiro atoms. The number of nitrogens with zero attached hydrogens (tertiary/aromatic N) is 2. The zero-order valence-electron chi connectivity index (χ0n) is 30.2. The predicted octanol–water partition coefficient (Wildman–Crippen LogP) is 7.52. The lowest BCUT2D eigenvalue weighted by molar-refractivity contribution is -0.00101. The van der Waals surface area contributed by atoms with Gasteiger partial charge < -0.3 is 28.3 Å². The minimum atomic E-state index is -0.479. The van der Waals surface area contributed by atoms with E-state index >= 15 is 0 Å². The first-order valence-corrected chi connectivity index (χ1v) is 17.8. The second-order valence-corrected chi connectivity index (χ2v) is 14.7. The Morgan fingerprint density at radius 2 is 1.08 bits per heavy atom. The number of carbonyl (C=O) groups is 2. The second kappa shape index (κ2) is 15.9. The number of hydrogen-bond donors (Lipinski definition) is 0. The van der Waals surface area contributed by atoms with Gasteiger partial charge in [0.05, 0.1) is 22.3 Å². The summed E-state index contributed by atoms with van der Waals surface area (Å²) in [6.07, 6.45) is 6.82. The van der Waals surface area contributed by atoms with E-state index in [9.17, 15) is 9.59 Å². The van der Waals surface area contributed by atoms with Crippen molar-refractivity contribution in [2.45, 2.75) is 103 Å². The fourth-order valence-corrected chi connectivity index (χ4v) is 7.54. The summed E-state index contributed by atoms with van der Waals surface area (Å²) in [7, 11) is -0.468. The summed E-state index contributed by atoms with van der Waals surface area (Å²) in [4.78, 5) is 29.2. The standard InChI is InChI=1S/C22H30BNO5.C17H21NO3.CH4/c1-20(2)21(3,4)29-23(28-20)18-10-13-24(22(18)11-14-26-15-12-22)19(25)27-16-17-8-6-5-7-9-17;1-14-7-10-18(17(14)8-11-20-12-9-17)16(19)21-13-15-5-3-2-4-6-15;/h5-10H,11-16H2,1-4H3;2-7H,8-13H2,1H3;1H4. The van der Waals surface area contributed by atoms with E-state index in [2.05, 4.69) is 19.1 Å². The number of hydrogen-bond acceptors (Lipinski definition) is 8. The van der Waals surface area contributed by atoms with Crippen LogP contribution in [-0.2, 0) is 41.5 Å². The van der Waals surface area contributed by atoms with E-state index in [0.717, 1.165) is 29.4 Å². The Labute approximate surface area is 304 Å². The Morgan fingerprint density at radius 1 is 0.667 bits per heavy atom. The molecule has 3 fully saturated rings. The second-order valence-electron chi connectivity index (χ2n) is 14.7. The van der Waals surface area contributed by atoms with Gasteiger partial charge in [-0.3, -0.25) is 9.80 Å². The highest BCUT2D eigenvalue weighted by Crippen LogP contribution is 2.47. The summed E-state index contributed by atoms with van der Waals surface area (Å²) >= 11 is 0. The molecule has 0 aliphatic carbocycles. The van der Waals surface area contributed by atoms with Gasteiger partial charge in [-0.1, -0.05) is 80.2 Å². The summed E-state index contributed by atoms with van der Waals surface area (Å²) in [6.45, 7) is 14.6. The first-order chi connectivity index (χ1) is 24.0. The summed E-state index contributed by atoms with van der Waals surface area (Å²) in [5.74, 6) is 0. The van der Waals surface area contributed by atoms with E-state index in [-0.39, 0.29) is 31.8 Å². The van der Waals surface area contributed by atoms with Crippen LogP contribution in [0, 0.1) is 0 Å². The molecular weight excluding hydrogens is 647 g/mol. The molecule has 2 aromatic carbocycles. The number of rotatable bonds is 5. The molecule has 7 rings (SSSR count). The van der Waals surface area contributed by atoms with Crippen molar-refractivity contribution in [3.63, 3.8) is 0 Å². The molecule has 0 bridgehead atoms. The maximum Gasteiger partial charge on any atom is 0.492 e. The van der Waals surface area contributed by atoms with E-state index in [0.29, 0.717) is 59.0 Å². The summed E-state index contributed by atoms with van der Waals surface area (Å²) < 4.78 is 34.9. The lowest BCUT2D eigenvalue weighted by Crippen LogP contribution is -2.55. The van der Waals surface area contributed by atoms with Gasteiger partial charge in [0, 0.05) is 39.5 Å². The molecule has 0 N–H and O–H groups in total. The van der Waals surface area contributed by atoms with E-state index in [1.807, 2.05) is 98.2 Å². The zero-order chi connectivity index (χ0) is 35.4. The Bertz CT molecular complexity index is 1530. The SMILES string of the molecule is C.CC1(C)OB(C2=CCN(C(=O)OCc3ccccc3)C23CCOCC3)OC1(C)C.CC1=CCN(C(=O)OCc2ccccc2)C12CCOCC2. The normalized spacial score (nSPS) is 22.4. The first kappa shape index (κ1) is 38.6. The van der Waals surface area contributed by atoms with Crippen molar-refractivity contribution in [3.8, 4) is 0 Å². The fourth-order valence-electron chi connectivity index (χ4n) is 7.54. The number of amides is 2. The van der Waals surface area contributed by atoms with Crippen LogP contribution in [0.1, 0.15) is 78.9 Å². The molecule has 0 radical (unpaired) electrons. The van der Waals surface area contributed by atoms with Gasteiger partial charge in [-0.05, 0) is 82.5 Å². The van der Waals surface area contributed by atoms with Gasteiger partial charge in [-0.15, -0.1) is 0 Å². The third kappa shape index (κ3) is 7.92. The molecule has 2 aromatic rings. The van der Waals surface area contributed by atoms with Gasteiger partial charge in [0.2, 0.25) is 0 Å². The third-order valence-corrected chi connectivity index (χ3v) is 11.4. The Morgan fingerprint density at radius 3 is 1.55 bits per heavy atom. The molecule has 10 nitrogen and oxygen atoms in total. The van der Waals surface area contributed by atoms with Crippen LogP contribution in [0.5, 0.6) is 0 Å². The van der Waals surface area contributed by atoms with Crippen LogP contribution in [0.25, 0.3) is 0 Å². The molecule has 5 aliphatic heterocycles. The average Bonchev–Trinajstić information content (AvgIpc) is 3.71. The van der Waals surface area contributed by atoms with Crippen molar-refractivity contribution in [1.29, 1.82) is 0 Å². The Hall–Kier alpha value is -3.64. The van der Waals surface area contributed by atoms with Crippen molar-refractivity contribution in [2.24, 2.45) is 0 Å². The lowest BCUT2D eigenvalue weighted by Gasteiger charge is -2.43. The van der Waals surface area contributed by atoms with Crippen molar-refractivity contribution >= 4 is 19.3 Å². The van der Waals surface area contributed by atoms with Crippen LogP contribution in [0.2, 0.25) is 0 Å². The molecule has 5 heterocycles. The highest BCUT2D eigenvalue weighted by molar-refractivity contribution is 6.55.